The first-order valence-corrected chi connectivity index (χ1v) is 9.82. The summed E-state index contributed by atoms with van der Waals surface area (Å²) < 4.78 is 24.9. The van der Waals surface area contributed by atoms with E-state index in [0.717, 1.165) is 17.2 Å². The highest BCUT2D eigenvalue weighted by molar-refractivity contribution is 5.99. The van der Waals surface area contributed by atoms with E-state index in [2.05, 4.69) is 0 Å². The predicted molar refractivity (Wildman–Crippen MR) is 114 cm³/mol. The van der Waals surface area contributed by atoms with Gasteiger partial charge in [-0.25, -0.2) is 4.39 Å². The highest BCUT2D eigenvalue weighted by atomic mass is 19.1. The van der Waals surface area contributed by atoms with Gasteiger partial charge in [-0.2, -0.15) is 0 Å². The van der Waals surface area contributed by atoms with Gasteiger partial charge in [0.25, 0.3) is 5.91 Å². The lowest BCUT2D eigenvalue weighted by Crippen LogP contribution is -2.29. The molecular formula is C25H18FNO4. The number of carbonyl (C=O) groups excluding carboxylic acids is 1. The fourth-order valence-electron chi connectivity index (χ4n) is 4.07. The lowest BCUT2D eigenvalue weighted by molar-refractivity contribution is 0.0714. The van der Waals surface area contributed by atoms with E-state index >= 15 is 0 Å². The Labute approximate surface area is 177 Å². The van der Waals surface area contributed by atoms with Crippen molar-refractivity contribution in [2.75, 3.05) is 7.11 Å². The second-order valence-corrected chi connectivity index (χ2v) is 7.41. The molecule has 4 aromatic rings. The molecule has 0 aliphatic carbocycles. The summed E-state index contributed by atoms with van der Waals surface area (Å²) in [6.07, 6.45) is 0. The van der Waals surface area contributed by atoms with E-state index in [4.69, 9.17) is 9.15 Å². The van der Waals surface area contributed by atoms with E-state index in [0.29, 0.717) is 5.75 Å². The first-order valence-electron chi connectivity index (χ1n) is 9.82. The zero-order valence-corrected chi connectivity index (χ0v) is 16.7. The molecule has 6 heteroatoms. The van der Waals surface area contributed by atoms with Crippen molar-refractivity contribution in [3.05, 3.63) is 111 Å². The van der Waals surface area contributed by atoms with Crippen molar-refractivity contribution in [3.63, 3.8) is 0 Å². The Morgan fingerprint density at radius 3 is 2.45 bits per heavy atom. The Bertz CT molecular complexity index is 1350. The van der Waals surface area contributed by atoms with E-state index in [-0.39, 0.29) is 34.7 Å². The van der Waals surface area contributed by atoms with Crippen LogP contribution in [0, 0.1) is 5.82 Å². The predicted octanol–water partition coefficient (Wildman–Crippen LogP) is 4.69. The van der Waals surface area contributed by atoms with Gasteiger partial charge in [-0.3, -0.25) is 9.59 Å². The Morgan fingerprint density at radius 2 is 1.74 bits per heavy atom. The molecule has 154 valence electrons. The van der Waals surface area contributed by atoms with Crippen LogP contribution in [0.4, 0.5) is 4.39 Å². The van der Waals surface area contributed by atoms with E-state index in [1.165, 1.54) is 12.1 Å². The summed E-state index contributed by atoms with van der Waals surface area (Å²) in [7, 11) is 1.59. The molecule has 3 aromatic carbocycles. The fraction of sp³-hybridized carbons (Fsp3) is 0.120. The maximum absolute atomic E-state index is 13.8. The summed E-state index contributed by atoms with van der Waals surface area (Å²) >= 11 is 0. The molecule has 1 atom stereocenters. The molecular weight excluding hydrogens is 397 g/mol. The Morgan fingerprint density at radius 1 is 1.00 bits per heavy atom. The van der Waals surface area contributed by atoms with Gasteiger partial charge in [-0.1, -0.05) is 42.5 Å². The van der Waals surface area contributed by atoms with Gasteiger partial charge in [0, 0.05) is 6.54 Å². The minimum absolute atomic E-state index is 0.00599. The quantitative estimate of drug-likeness (QED) is 0.485. The van der Waals surface area contributed by atoms with Crippen LogP contribution in [-0.2, 0) is 6.54 Å². The molecule has 5 rings (SSSR count). The van der Waals surface area contributed by atoms with Crippen molar-refractivity contribution >= 4 is 16.9 Å². The van der Waals surface area contributed by atoms with Crippen LogP contribution < -0.4 is 10.2 Å². The van der Waals surface area contributed by atoms with Crippen molar-refractivity contribution in [3.8, 4) is 5.75 Å². The molecule has 2 heterocycles. The Kier molecular flexibility index (Phi) is 4.55. The topological polar surface area (TPSA) is 59.8 Å². The normalized spacial score (nSPS) is 15.4. The third-order valence-corrected chi connectivity index (χ3v) is 5.56. The molecule has 5 nitrogen and oxygen atoms in total. The van der Waals surface area contributed by atoms with Gasteiger partial charge in [0.05, 0.1) is 24.1 Å². The lowest BCUT2D eigenvalue weighted by atomic mass is 9.98. The molecule has 0 saturated heterocycles. The molecule has 1 aliphatic rings. The van der Waals surface area contributed by atoms with Crippen LogP contribution in [0.1, 0.15) is 33.3 Å². The van der Waals surface area contributed by atoms with Gasteiger partial charge in [-0.15, -0.1) is 0 Å². The first kappa shape index (κ1) is 19.1. The monoisotopic (exact) mass is 415 g/mol. The highest BCUT2D eigenvalue weighted by Gasteiger charge is 2.42. The summed E-state index contributed by atoms with van der Waals surface area (Å²) in [5, 5.41) is 0.124. The van der Waals surface area contributed by atoms with Gasteiger partial charge < -0.3 is 14.1 Å². The number of hydrogen-bond acceptors (Lipinski definition) is 4. The maximum atomic E-state index is 13.8. The second-order valence-electron chi connectivity index (χ2n) is 7.41. The van der Waals surface area contributed by atoms with Gasteiger partial charge in [0.1, 0.15) is 17.1 Å². The number of nitrogens with zero attached hydrogens (tertiary/aromatic N) is 1. The molecule has 31 heavy (non-hydrogen) atoms. The SMILES string of the molecule is COc1ccc(CN2C(=O)c3oc4ccc(F)cc4c(=O)c3[C@@H]2c2ccccc2)cc1. The summed E-state index contributed by atoms with van der Waals surface area (Å²) in [4.78, 5) is 28.3. The van der Waals surface area contributed by atoms with Gasteiger partial charge in [0.2, 0.25) is 5.76 Å². The van der Waals surface area contributed by atoms with Crippen molar-refractivity contribution in [1.29, 1.82) is 0 Å². The molecule has 0 unspecified atom stereocenters. The highest BCUT2D eigenvalue weighted by Crippen LogP contribution is 2.39. The number of halogens is 1. The summed E-state index contributed by atoms with van der Waals surface area (Å²) in [5.41, 5.74) is 1.70. The molecule has 1 amide bonds. The summed E-state index contributed by atoms with van der Waals surface area (Å²) in [6.45, 7) is 0.275. The second kappa shape index (κ2) is 7.40. The minimum atomic E-state index is -0.630. The maximum Gasteiger partial charge on any atom is 0.291 e. The smallest absolute Gasteiger partial charge is 0.291 e. The molecule has 0 bridgehead atoms. The molecule has 1 aromatic heterocycles. The molecule has 0 spiro atoms. The Balaban J connectivity index is 1.68. The van der Waals surface area contributed by atoms with Crippen LogP contribution in [0.3, 0.4) is 0 Å². The first-order chi connectivity index (χ1) is 15.1. The third-order valence-electron chi connectivity index (χ3n) is 5.56. The average Bonchev–Trinajstić information content (AvgIpc) is 3.07. The van der Waals surface area contributed by atoms with Crippen LogP contribution in [0.25, 0.3) is 11.0 Å². The van der Waals surface area contributed by atoms with Crippen molar-refractivity contribution in [2.45, 2.75) is 12.6 Å². The van der Waals surface area contributed by atoms with Gasteiger partial charge >= 0.3 is 0 Å². The van der Waals surface area contributed by atoms with E-state index in [1.54, 1.807) is 12.0 Å². The van der Waals surface area contributed by atoms with Crippen molar-refractivity contribution in [2.24, 2.45) is 0 Å². The molecule has 1 aliphatic heterocycles. The van der Waals surface area contributed by atoms with Crippen LogP contribution in [0.15, 0.2) is 82.0 Å². The molecule has 0 fully saturated rings. The number of hydrogen-bond donors (Lipinski definition) is 0. The number of rotatable bonds is 4. The number of fused-ring (bicyclic) bond motifs is 2. The van der Waals surface area contributed by atoms with Crippen LogP contribution in [0.5, 0.6) is 5.75 Å². The Hall–Kier alpha value is -3.93. The average molecular weight is 415 g/mol. The van der Waals surface area contributed by atoms with E-state index < -0.39 is 17.3 Å². The van der Waals surface area contributed by atoms with E-state index in [1.807, 2.05) is 54.6 Å². The van der Waals surface area contributed by atoms with Crippen LogP contribution in [-0.4, -0.2) is 17.9 Å². The lowest BCUT2D eigenvalue weighted by Gasteiger charge is -2.25. The number of carbonyl (C=O) groups is 1. The standard InChI is InChI=1S/C25H18FNO4/c1-30-18-10-7-15(8-11-18)14-27-22(16-5-3-2-4-6-16)21-23(28)19-13-17(26)9-12-20(19)31-24(21)25(27)29/h2-13,22H,14H2,1H3/t22-/m0/s1. The summed E-state index contributed by atoms with van der Waals surface area (Å²) in [5.74, 6) is -0.186. The molecule has 0 radical (unpaired) electrons. The minimum Gasteiger partial charge on any atom is -0.497 e. The van der Waals surface area contributed by atoms with Crippen molar-refractivity contribution < 1.29 is 18.3 Å². The largest absolute Gasteiger partial charge is 0.497 e. The number of methoxy groups -OCH3 is 1. The zero-order chi connectivity index (χ0) is 21.5. The van der Waals surface area contributed by atoms with Gasteiger partial charge in [0.15, 0.2) is 5.43 Å². The molecule has 0 N–H and O–H groups in total. The van der Waals surface area contributed by atoms with Crippen LogP contribution in [0.2, 0.25) is 0 Å². The van der Waals surface area contributed by atoms with Crippen molar-refractivity contribution in [1.82, 2.24) is 4.90 Å². The summed E-state index contributed by atoms with van der Waals surface area (Å²) in [6, 6.07) is 19.8. The third kappa shape index (κ3) is 3.17. The van der Waals surface area contributed by atoms with E-state index in [9.17, 15) is 14.0 Å². The number of ether oxygens (including phenoxy) is 1. The number of benzene rings is 3. The fourth-order valence-corrected chi connectivity index (χ4v) is 4.07. The van der Waals surface area contributed by atoms with Crippen LogP contribution >= 0.6 is 0 Å². The number of amides is 1. The zero-order valence-electron chi connectivity index (χ0n) is 16.7. The van der Waals surface area contributed by atoms with Gasteiger partial charge in [-0.05, 0) is 41.5 Å². The molecule has 0 saturated carbocycles.